The molecule has 0 saturated heterocycles. The van der Waals surface area contributed by atoms with Gasteiger partial charge in [0.25, 0.3) is 0 Å². The van der Waals surface area contributed by atoms with Crippen molar-refractivity contribution in [2.24, 2.45) is 0 Å². The zero-order valence-electron chi connectivity index (χ0n) is 10.3. The van der Waals surface area contributed by atoms with Crippen molar-refractivity contribution in [1.29, 1.82) is 0 Å². The van der Waals surface area contributed by atoms with Crippen LogP contribution in [0.1, 0.15) is 5.56 Å². The van der Waals surface area contributed by atoms with Crippen LogP contribution in [0.5, 0.6) is 0 Å². The number of halogens is 1. The highest BCUT2D eigenvalue weighted by Gasteiger charge is 2.23. The van der Waals surface area contributed by atoms with E-state index in [9.17, 15) is 8.42 Å². The lowest BCUT2D eigenvalue weighted by molar-refractivity contribution is 0.473. The molecular formula is C13H16BrNO2S. The maximum atomic E-state index is 12.4. The van der Waals surface area contributed by atoms with E-state index in [0.29, 0.717) is 4.48 Å². The summed E-state index contributed by atoms with van der Waals surface area (Å²) in [5, 5.41) is 0. The molecule has 0 spiro atoms. The van der Waals surface area contributed by atoms with Crippen molar-refractivity contribution >= 4 is 26.0 Å². The molecule has 1 aromatic carbocycles. The van der Waals surface area contributed by atoms with Gasteiger partial charge in [-0.05, 0) is 19.1 Å². The van der Waals surface area contributed by atoms with Crippen LogP contribution in [0.4, 0.5) is 0 Å². The van der Waals surface area contributed by atoms with Crippen LogP contribution in [0.3, 0.4) is 0 Å². The zero-order chi connectivity index (χ0) is 13.8. The standard InChI is InChI=1S/C13H16BrNO2S/c1-4-9-15(10-12(3)14)18(16,17)13-7-5-11(2)6-8-13/h4-8H,1,3,9-10H2,2H3. The zero-order valence-corrected chi connectivity index (χ0v) is 12.7. The molecule has 0 aliphatic heterocycles. The average Bonchev–Trinajstić information content (AvgIpc) is 2.28. The Morgan fingerprint density at radius 1 is 1.39 bits per heavy atom. The minimum Gasteiger partial charge on any atom is -0.207 e. The van der Waals surface area contributed by atoms with Crippen LogP contribution >= 0.6 is 15.9 Å². The van der Waals surface area contributed by atoms with Gasteiger partial charge in [-0.2, -0.15) is 4.31 Å². The number of hydrogen-bond acceptors (Lipinski definition) is 2. The van der Waals surface area contributed by atoms with Crippen LogP contribution in [0.25, 0.3) is 0 Å². The molecule has 0 aromatic heterocycles. The van der Waals surface area contributed by atoms with E-state index in [-0.39, 0.29) is 18.0 Å². The van der Waals surface area contributed by atoms with Crippen LogP contribution in [-0.2, 0) is 10.0 Å². The van der Waals surface area contributed by atoms with Gasteiger partial charge in [0.15, 0.2) is 0 Å². The third kappa shape index (κ3) is 3.80. The van der Waals surface area contributed by atoms with Crippen LogP contribution in [0.15, 0.2) is 52.9 Å². The van der Waals surface area contributed by atoms with Crippen LogP contribution in [-0.4, -0.2) is 25.8 Å². The Hall–Kier alpha value is -0.910. The number of rotatable bonds is 6. The fourth-order valence-corrected chi connectivity index (χ4v) is 3.32. The molecule has 1 aromatic rings. The highest BCUT2D eigenvalue weighted by atomic mass is 79.9. The smallest absolute Gasteiger partial charge is 0.207 e. The highest BCUT2D eigenvalue weighted by Crippen LogP contribution is 2.18. The monoisotopic (exact) mass is 329 g/mol. The first kappa shape index (κ1) is 15.1. The first-order valence-corrected chi connectivity index (χ1v) is 7.62. The minimum atomic E-state index is -3.50. The number of aryl methyl sites for hydroxylation is 1. The van der Waals surface area contributed by atoms with Gasteiger partial charge in [0, 0.05) is 17.6 Å². The number of benzene rings is 1. The summed E-state index contributed by atoms with van der Waals surface area (Å²) in [6.07, 6.45) is 1.56. The van der Waals surface area contributed by atoms with E-state index in [0.717, 1.165) is 5.56 Å². The second-order valence-electron chi connectivity index (χ2n) is 3.92. The second kappa shape index (κ2) is 6.31. The van der Waals surface area contributed by atoms with Crippen molar-refractivity contribution in [3.05, 3.63) is 53.5 Å². The first-order chi connectivity index (χ1) is 8.37. The Labute approximate surface area is 117 Å². The summed E-state index contributed by atoms with van der Waals surface area (Å²) in [5.74, 6) is 0. The van der Waals surface area contributed by atoms with Crippen molar-refractivity contribution in [1.82, 2.24) is 4.31 Å². The molecule has 5 heteroatoms. The molecule has 0 heterocycles. The van der Waals surface area contributed by atoms with E-state index in [2.05, 4.69) is 29.1 Å². The molecule has 0 saturated carbocycles. The van der Waals surface area contributed by atoms with Crippen molar-refractivity contribution in [2.45, 2.75) is 11.8 Å². The van der Waals surface area contributed by atoms with Crippen molar-refractivity contribution in [2.75, 3.05) is 13.1 Å². The van der Waals surface area contributed by atoms with Crippen molar-refractivity contribution in [3.8, 4) is 0 Å². The summed E-state index contributed by atoms with van der Waals surface area (Å²) in [7, 11) is -3.50. The molecule has 0 aliphatic rings. The molecule has 0 unspecified atom stereocenters. The van der Waals surface area contributed by atoms with Gasteiger partial charge in [0.1, 0.15) is 0 Å². The molecule has 0 atom stereocenters. The molecule has 1 rings (SSSR count). The number of hydrogen-bond donors (Lipinski definition) is 0. The summed E-state index contributed by atoms with van der Waals surface area (Å²) in [5.41, 5.74) is 1.02. The molecule has 0 radical (unpaired) electrons. The topological polar surface area (TPSA) is 37.4 Å². The summed E-state index contributed by atoms with van der Waals surface area (Å²) in [6, 6.07) is 6.78. The van der Waals surface area contributed by atoms with Crippen molar-refractivity contribution < 1.29 is 8.42 Å². The normalized spacial score (nSPS) is 11.5. The lowest BCUT2D eigenvalue weighted by Gasteiger charge is -2.20. The molecule has 98 valence electrons. The van der Waals surface area contributed by atoms with E-state index in [1.807, 2.05) is 6.92 Å². The Morgan fingerprint density at radius 2 is 1.94 bits per heavy atom. The molecule has 0 bridgehead atoms. The summed E-state index contributed by atoms with van der Waals surface area (Å²) >= 11 is 3.19. The number of sulfonamides is 1. The Kier molecular flexibility index (Phi) is 5.31. The molecule has 0 N–H and O–H groups in total. The van der Waals surface area contributed by atoms with Crippen LogP contribution in [0, 0.1) is 6.92 Å². The summed E-state index contributed by atoms with van der Waals surface area (Å²) < 4.78 is 26.7. The van der Waals surface area contributed by atoms with Crippen LogP contribution < -0.4 is 0 Å². The molecule has 0 fully saturated rings. The van der Waals surface area contributed by atoms with Gasteiger partial charge in [-0.1, -0.05) is 46.3 Å². The van der Waals surface area contributed by atoms with Gasteiger partial charge in [-0.15, -0.1) is 6.58 Å². The van der Waals surface area contributed by atoms with Crippen LogP contribution in [0.2, 0.25) is 0 Å². The molecular weight excluding hydrogens is 314 g/mol. The lowest BCUT2D eigenvalue weighted by atomic mass is 10.2. The van der Waals surface area contributed by atoms with E-state index >= 15 is 0 Å². The van der Waals surface area contributed by atoms with Gasteiger partial charge < -0.3 is 0 Å². The quantitative estimate of drug-likeness (QED) is 0.752. The largest absolute Gasteiger partial charge is 0.243 e. The lowest BCUT2D eigenvalue weighted by Crippen LogP contribution is -2.32. The predicted octanol–water partition coefficient (Wildman–Crippen LogP) is 3.08. The van der Waals surface area contributed by atoms with Gasteiger partial charge in [0.05, 0.1) is 4.90 Å². The maximum Gasteiger partial charge on any atom is 0.243 e. The Bertz CT molecular complexity index is 535. The predicted molar refractivity (Wildman–Crippen MR) is 78.2 cm³/mol. The van der Waals surface area contributed by atoms with Gasteiger partial charge in [-0.25, -0.2) is 8.42 Å². The van der Waals surface area contributed by atoms with E-state index < -0.39 is 10.0 Å². The third-order valence-electron chi connectivity index (χ3n) is 2.34. The van der Waals surface area contributed by atoms with Gasteiger partial charge in [-0.3, -0.25) is 0 Å². The summed E-state index contributed by atoms with van der Waals surface area (Å²) in [4.78, 5) is 0.281. The van der Waals surface area contributed by atoms with Crippen molar-refractivity contribution in [3.63, 3.8) is 0 Å². The minimum absolute atomic E-state index is 0.224. The highest BCUT2D eigenvalue weighted by molar-refractivity contribution is 9.11. The fraction of sp³-hybridized carbons (Fsp3) is 0.231. The third-order valence-corrected chi connectivity index (χ3v) is 4.42. The Morgan fingerprint density at radius 3 is 2.39 bits per heavy atom. The molecule has 18 heavy (non-hydrogen) atoms. The SMILES string of the molecule is C=CCN(CC(=C)Br)S(=O)(=O)c1ccc(C)cc1. The fourth-order valence-electron chi connectivity index (χ4n) is 1.44. The molecule has 0 amide bonds. The average molecular weight is 330 g/mol. The van der Waals surface area contributed by atoms with Gasteiger partial charge in [0.2, 0.25) is 10.0 Å². The number of nitrogens with zero attached hydrogens (tertiary/aromatic N) is 1. The van der Waals surface area contributed by atoms with Gasteiger partial charge >= 0.3 is 0 Å². The van der Waals surface area contributed by atoms with E-state index in [4.69, 9.17) is 0 Å². The first-order valence-electron chi connectivity index (χ1n) is 5.39. The maximum absolute atomic E-state index is 12.4. The Balaban J connectivity index is 3.11. The van der Waals surface area contributed by atoms with E-state index in [1.54, 1.807) is 30.3 Å². The molecule has 3 nitrogen and oxygen atoms in total. The second-order valence-corrected chi connectivity index (χ2v) is 6.98. The van der Waals surface area contributed by atoms with E-state index in [1.165, 1.54) is 4.31 Å². The molecule has 0 aliphatic carbocycles. The summed E-state index contributed by atoms with van der Waals surface area (Å²) in [6.45, 7) is 9.64.